The Hall–Kier alpha value is -2.51. The lowest BCUT2D eigenvalue weighted by Crippen LogP contribution is -2.55. The van der Waals surface area contributed by atoms with Crippen molar-refractivity contribution in [2.45, 2.75) is 64.1 Å². The molecule has 2 fully saturated rings. The molecular weight excluding hydrogens is 378 g/mol. The summed E-state index contributed by atoms with van der Waals surface area (Å²) in [6.07, 6.45) is 5.18. The number of hydrogen-bond acceptors (Lipinski definition) is 6. The fraction of sp³-hybridized carbons (Fsp3) is 0.522. The van der Waals surface area contributed by atoms with Crippen molar-refractivity contribution >= 4 is 28.5 Å². The third-order valence-corrected chi connectivity index (χ3v) is 6.18. The molecule has 7 nitrogen and oxygen atoms in total. The molecule has 4 rings (SSSR count). The number of benzene rings is 1. The molecule has 2 atom stereocenters. The third kappa shape index (κ3) is 4.47. The molecule has 0 radical (unpaired) electrons. The molecule has 1 amide bonds. The number of carbonyl (C=O) groups excluding carboxylic acids is 1. The van der Waals surface area contributed by atoms with Crippen LogP contribution in [0.5, 0.6) is 0 Å². The Balaban J connectivity index is 1.61. The van der Waals surface area contributed by atoms with E-state index in [1.807, 2.05) is 36.1 Å². The van der Waals surface area contributed by atoms with Gasteiger partial charge in [0.1, 0.15) is 5.82 Å². The third-order valence-electron chi connectivity index (χ3n) is 6.18. The average molecular weight is 410 g/mol. The van der Waals surface area contributed by atoms with Crippen LogP contribution >= 0.6 is 0 Å². The van der Waals surface area contributed by atoms with Crippen LogP contribution in [-0.2, 0) is 0 Å². The van der Waals surface area contributed by atoms with Gasteiger partial charge in [-0.2, -0.15) is 0 Å². The molecule has 4 N–H and O–H groups in total. The van der Waals surface area contributed by atoms with Gasteiger partial charge >= 0.3 is 0 Å². The molecule has 1 aromatic carbocycles. The van der Waals surface area contributed by atoms with E-state index in [2.05, 4.69) is 10.6 Å². The fourth-order valence-electron chi connectivity index (χ4n) is 4.65. The van der Waals surface area contributed by atoms with Gasteiger partial charge in [0.15, 0.2) is 0 Å². The molecule has 30 heavy (non-hydrogen) atoms. The monoisotopic (exact) mass is 409 g/mol. The largest absolute Gasteiger partial charge is 0.390 e. The summed E-state index contributed by atoms with van der Waals surface area (Å²) in [7, 11) is 0. The van der Waals surface area contributed by atoms with Crippen LogP contribution in [0.25, 0.3) is 10.9 Å². The van der Waals surface area contributed by atoms with Crippen LogP contribution in [0.1, 0.15) is 54.9 Å². The van der Waals surface area contributed by atoms with E-state index in [4.69, 9.17) is 10.4 Å². The standard InChI is InChI=1S/C23H31N5O2/c1-14-7-8-19-16(11-14)12-18(23(30)25-15(2)24)22(27-19)28-10-9-20(21(29)13-28)26-17-5-3-4-6-17/h7-8,11-12,17,20-21,26,29H,3-6,9-10,13H2,1-2H3,(H2,24,25,30)/t20-,21+/m0/s1. The first-order chi connectivity index (χ1) is 14.4. The minimum Gasteiger partial charge on any atom is -0.390 e. The van der Waals surface area contributed by atoms with Crippen molar-refractivity contribution in [1.82, 2.24) is 15.6 Å². The molecule has 1 aliphatic heterocycles. The van der Waals surface area contributed by atoms with Crippen LogP contribution < -0.4 is 15.5 Å². The summed E-state index contributed by atoms with van der Waals surface area (Å²) >= 11 is 0. The van der Waals surface area contributed by atoms with E-state index in [-0.39, 0.29) is 17.8 Å². The molecule has 7 heteroatoms. The van der Waals surface area contributed by atoms with E-state index in [0.29, 0.717) is 24.0 Å². The van der Waals surface area contributed by atoms with Crippen molar-refractivity contribution < 1.29 is 9.90 Å². The second kappa shape index (κ2) is 8.70. The minimum atomic E-state index is -0.518. The van der Waals surface area contributed by atoms with E-state index in [0.717, 1.165) is 29.4 Å². The van der Waals surface area contributed by atoms with Crippen molar-refractivity contribution in [1.29, 1.82) is 5.41 Å². The Bertz CT molecular complexity index is 954. The topological polar surface area (TPSA) is 101 Å². The van der Waals surface area contributed by atoms with Crippen molar-refractivity contribution in [3.8, 4) is 0 Å². The summed E-state index contributed by atoms with van der Waals surface area (Å²) in [6, 6.07) is 8.41. The number of nitrogens with one attached hydrogen (secondary N) is 3. The number of piperidine rings is 1. The number of aryl methyl sites for hydroxylation is 1. The highest BCUT2D eigenvalue weighted by Crippen LogP contribution is 2.28. The van der Waals surface area contributed by atoms with Gasteiger partial charge in [0.05, 0.1) is 23.0 Å². The maximum absolute atomic E-state index is 12.8. The Morgan fingerprint density at radius 3 is 2.70 bits per heavy atom. The number of hydrogen-bond donors (Lipinski definition) is 4. The smallest absolute Gasteiger partial charge is 0.260 e. The van der Waals surface area contributed by atoms with Gasteiger partial charge in [0.2, 0.25) is 0 Å². The highest BCUT2D eigenvalue weighted by molar-refractivity contribution is 6.09. The zero-order valence-corrected chi connectivity index (χ0v) is 17.7. The van der Waals surface area contributed by atoms with Crippen LogP contribution in [0.15, 0.2) is 24.3 Å². The molecule has 160 valence electrons. The second-order valence-corrected chi connectivity index (χ2v) is 8.69. The van der Waals surface area contributed by atoms with E-state index in [1.165, 1.54) is 25.7 Å². The first-order valence-corrected chi connectivity index (χ1v) is 10.9. The number of amides is 1. The molecule has 2 aliphatic rings. The number of aliphatic hydroxyl groups is 1. The lowest BCUT2D eigenvalue weighted by atomic mass is 9.99. The maximum atomic E-state index is 12.8. The predicted octanol–water partition coefficient (Wildman–Crippen LogP) is 2.74. The molecule has 0 unspecified atom stereocenters. The van der Waals surface area contributed by atoms with Gasteiger partial charge < -0.3 is 20.6 Å². The number of aromatic nitrogens is 1. The summed E-state index contributed by atoms with van der Waals surface area (Å²) in [4.78, 5) is 19.6. The molecule has 2 heterocycles. The van der Waals surface area contributed by atoms with Gasteiger partial charge in [0.25, 0.3) is 5.91 Å². The summed E-state index contributed by atoms with van der Waals surface area (Å²) in [5, 5.41) is 25.6. The van der Waals surface area contributed by atoms with Crippen LogP contribution in [0.3, 0.4) is 0 Å². The number of pyridine rings is 1. The molecule has 1 saturated heterocycles. The number of β-amino-alcohol motifs (C(OH)–C–C–N with tert-alkyl or cyclic N) is 1. The van der Waals surface area contributed by atoms with Crippen LogP contribution in [0, 0.1) is 12.3 Å². The number of aliphatic hydroxyl groups excluding tert-OH is 1. The van der Waals surface area contributed by atoms with Gasteiger partial charge in [-0.25, -0.2) is 4.98 Å². The van der Waals surface area contributed by atoms with E-state index in [1.54, 1.807) is 6.92 Å². The summed E-state index contributed by atoms with van der Waals surface area (Å²) in [5.41, 5.74) is 2.36. The van der Waals surface area contributed by atoms with E-state index < -0.39 is 6.10 Å². The van der Waals surface area contributed by atoms with E-state index >= 15 is 0 Å². The number of fused-ring (bicyclic) bond motifs is 1. The van der Waals surface area contributed by atoms with Gasteiger partial charge in [0, 0.05) is 30.6 Å². The summed E-state index contributed by atoms with van der Waals surface area (Å²) in [5.74, 6) is 0.326. The van der Waals surface area contributed by atoms with Gasteiger partial charge in [-0.15, -0.1) is 0 Å². The normalized spacial score (nSPS) is 22.4. The van der Waals surface area contributed by atoms with E-state index in [9.17, 15) is 9.90 Å². The number of rotatable bonds is 4. The molecule has 2 aromatic rings. The fourth-order valence-corrected chi connectivity index (χ4v) is 4.65. The number of anilines is 1. The number of nitrogens with zero attached hydrogens (tertiary/aromatic N) is 2. The zero-order valence-electron chi connectivity index (χ0n) is 17.7. The first kappa shape index (κ1) is 20.8. The minimum absolute atomic E-state index is 0.0774. The number of carbonyl (C=O) groups is 1. The number of amidine groups is 1. The summed E-state index contributed by atoms with van der Waals surface area (Å²) in [6.45, 7) is 4.70. The first-order valence-electron chi connectivity index (χ1n) is 10.9. The Kier molecular flexibility index (Phi) is 6.01. The van der Waals surface area contributed by atoms with Crippen molar-refractivity contribution in [3.05, 3.63) is 35.4 Å². The Morgan fingerprint density at radius 1 is 1.23 bits per heavy atom. The SMILES string of the molecule is CC(=N)NC(=O)c1cc2cc(C)ccc2nc1N1CC[C@H](NC2CCCC2)[C@H](O)C1. The van der Waals surface area contributed by atoms with Crippen LogP contribution in [0.4, 0.5) is 5.82 Å². The quantitative estimate of drug-likeness (QED) is 0.459. The second-order valence-electron chi connectivity index (χ2n) is 8.69. The van der Waals surface area contributed by atoms with Crippen LogP contribution in [0.2, 0.25) is 0 Å². The lowest BCUT2D eigenvalue weighted by molar-refractivity contribution is 0.0971. The molecule has 1 aliphatic carbocycles. The maximum Gasteiger partial charge on any atom is 0.260 e. The van der Waals surface area contributed by atoms with Gasteiger partial charge in [-0.3, -0.25) is 10.2 Å². The Morgan fingerprint density at radius 2 is 2.00 bits per heavy atom. The van der Waals surface area contributed by atoms with Crippen LogP contribution in [-0.4, -0.2) is 53.1 Å². The lowest BCUT2D eigenvalue weighted by Gasteiger charge is -2.38. The van der Waals surface area contributed by atoms with Gasteiger partial charge in [-0.1, -0.05) is 24.5 Å². The molecule has 1 aromatic heterocycles. The molecule has 1 saturated carbocycles. The summed E-state index contributed by atoms with van der Waals surface area (Å²) < 4.78 is 0. The zero-order chi connectivity index (χ0) is 21.3. The highest BCUT2D eigenvalue weighted by Gasteiger charge is 2.32. The highest BCUT2D eigenvalue weighted by atomic mass is 16.3. The molecule has 0 bridgehead atoms. The molecular formula is C23H31N5O2. The molecule has 0 spiro atoms. The van der Waals surface area contributed by atoms with Crippen molar-refractivity contribution in [2.24, 2.45) is 0 Å². The van der Waals surface area contributed by atoms with Crippen molar-refractivity contribution in [2.75, 3.05) is 18.0 Å². The van der Waals surface area contributed by atoms with Gasteiger partial charge in [-0.05, 0) is 51.3 Å². The Labute approximate surface area is 177 Å². The average Bonchev–Trinajstić information content (AvgIpc) is 3.21. The van der Waals surface area contributed by atoms with Crippen molar-refractivity contribution in [3.63, 3.8) is 0 Å². The predicted molar refractivity (Wildman–Crippen MR) is 119 cm³/mol.